The fourth-order valence-corrected chi connectivity index (χ4v) is 4.25. The minimum Gasteiger partial charge on any atom is -0.436 e. The van der Waals surface area contributed by atoms with Crippen LogP contribution in [0, 0.1) is 6.92 Å². The number of hydrogen-bond acceptors (Lipinski definition) is 8. The molecule has 4 heterocycles. The molecule has 9 nitrogen and oxygen atoms in total. The number of hydrogen-bond donors (Lipinski definition) is 1. The Morgan fingerprint density at radius 3 is 2.87 bits per heavy atom. The molecule has 0 radical (unpaired) electrons. The van der Waals surface area contributed by atoms with Crippen molar-refractivity contribution in [3.05, 3.63) is 36.2 Å². The van der Waals surface area contributed by atoms with Crippen LogP contribution >= 0.6 is 0 Å². The molecule has 0 spiro atoms. The Morgan fingerprint density at radius 2 is 2.10 bits per heavy atom. The molecule has 1 fully saturated rings. The summed E-state index contributed by atoms with van der Waals surface area (Å²) in [5.74, 6) is 1.12. The van der Waals surface area contributed by atoms with Gasteiger partial charge >= 0.3 is 0 Å². The standard InChI is InChI=1S/C21H22N6O3S/c1-12-10-13-18(25-21(31(2)28)26-19(13)22)20(24-12)30-16-7-5-6-15-14(16)11-23-27(15)17-8-3-4-9-29-17/h5-7,10-11,17H,3-4,8-9H2,1-2H3,(H2,22,25,26). The van der Waals surface area contributed by atoms with Crippen LogP contribution in [0.4, 0.5) is 5.82 Å². The van der Waals surface area contributed by atoms with E-state index in [-0.39, 0.29) is 23.1 Å². The smallest absolute Gasteiger partial charge is 0.246 e. The molecule has 1 aromatic carbocycles. The summed E-state index contributed by atoms with van der Waals surface area (Å²) >= 11 is 0. The van der Waals surface area contributed by atoms with Gasteiger partial charge in [-0.15, -0.1) is 0 Å². The molecular weight excluding hydrogens is 416 g/mol. The fraction of sp³-hybridized carbons (Fsp3) is 0.333. The van der Waals surface area contributed by atoms with Gasteiger partial charge in [0.1, 0.15) is 17.1 Å². The van der Waals surface area contributed by atoms with Gasteiger partial charge in [-0.25, -0.2) is 19.6 Å². The van der Waals surface area contributed by atoms with Crippen molar-refractivity contribution in [3.63, 3.8) is 0 Å². The third kappa shape index (κ3) is 3.61. The number of rotatable bonds is 4. The first kappa shape index (κ1) is 19.8. The molecule has 31 heavy (non-hydrogen) atoms. The van der Waals surface area contributed by atoms with E-state index in [1.807, 2.05) is 29.8 Å². The van der Waals surface area contributed by atoms with Gasteiger partial charge in [0.15, 0.2) is 6.23 Å². The molecule has 3 aromatic heterocycles. The van der Waals surface area contributed by atoms with Crippen LogP contribution in [-0.2, 0) is 15.5 Å². The molecule has 0 amide bonds. The monoisotopic (exact) mass is 438 g/mol. The molecule has 0 aliphatic carbocycles. The van der Waals surface area contributed by atoms with Crippen molar-refractivity contribution in [1.82, 2.24) is 24.7 Å². The molecule has 4 aromatic rings. The number of aromatic nitrogens is 5. The van der Waals surface area contributed by atoms with E-state index in [4.69, 9.17) is 15.2 Å². The zero-order valence-electron chi connectivity index (χ0n) is 17.2. The number of benzene rings is 1. The summed E-state index contributed by atoms with van der Waals surface area (Å²) < 4.78 is 26.0. The fourth-order valence-electron chi connectivity index (χ4n) is 3.81. The highest BCUT2D eigenvalue weighted by Crippen LogP contribution is 2.35. The van der Waals surface area contributed by atoms with Crippen LogP contribution in [0.2, 0.25) is 0 Å². The number of nitrogens with zero attached hydrogens (tertiary/aromatic N) is 5. The summed E-state index contributed by atoms with van der Waals surface area (Å²) in [6.07, 6.45) is 6.32. The average Bonchev–Trinajstić information content (AvgIpc) is 3.20. The second-order valence-corrected chi connectivity index (χ2v) is 8.79. The maximum Gasteiger partial charge on any atom is 0.246 e. The maximum absolute atomic E-state index is 12.0. The number of nitrogen functional groups attached to an aromatic ring is 1. The molecule has 0 bridgehead atoms. The van der Waals surface area contributed by atoms with E-state index < -0.39 is 10.8 Å². The predicted molar refractivity (Wildman–Crippen MR) is 117 cm³/mol. The largest absolute Gasteiger partial charge is 0.436 e. The molecule has 5 rings (SSSR count). The Balaban J connectivity index is 1.61. The third-order valence-electron chi connectivity index (χ3n) is 5.28. The van der Waals surface area contributed by atoms with Gasteiger partial charge in [-0.3, -0.25) is 4.21 Å². The summed E-state index contributed by atoms with van der Waals surface area (Å²) in [5.41, 5.74) is 8.16. The molecule has 2 N–H and O–H groups in total. The highest BCUT2D eigenvalue weighted by molar-refractivity contribution is 7.84. The number of anilines is 1. The van der Waals surface area contributed by atoms with Crippen LogP contribution in [0.25, 0.3) is 21.8 Å². The van der Waals surface area contributed by atoms with Crippen LogP contribution in [-0.4, -0.2) is 41.8 Å². The van der Waals surface area contributed by atoms with Gasteiger partial charge in [0.05, 0.1) is 27.9 Å². The van der Waals surface area contributed by atoms with Gasteiger partial charge in [-0.05, 0) is 44.4 Å². The Labute approximate surface area is 181 Å². The van der Waals surface area contributed by atoms with Crippen molar-refractivity contribution in [3.8, 4) is 11.6 Å². The van der Waals surface area contributed by atoms with Crippen LogP contribution in [0.3, 0.4) is 0 Å². The molecule has 10 heteroatoms. The zero-order chi connectivity index (χ0) is 21.5. The van der Waals surface area contributed by atoms with Gasteiger partial charge in [-0.2, -0.15) is 5.10 Å². The van der Waals surface area contributed by atoms with Crippen LogP contribution < -0.4 is 10.5 Å². The van der Waals surface area contributed by atoms with E-state index in [9.17, 15) is 4.21 Å². The first-order valence-corrected chi connectivity index (χ1v) is 11.6. The molecule has 160 valence electrons. The number of nitrogens with two attached hydrogens (primary N) is 1. The SMILES string of the molecule is Cc1cc2c(N)nc(S(C)=O)nc2c(Oc2cccc3c2cnn3C2CCCCO2)n1. The topological polar surface area (TPSA) is 118 Å². The van der Waals surface area contributed by atoms with Gasteiger partial charge in [0, 0.05) is 23.9 Å². The van der Waals surface area contributed by atoms with E-state index >= 15 is 0 Å². The number of pyridine rings is 1. The number of ether oxygens (including phenoxy) is 2. The summed E-state index contributed by atoms with van der Waals surface area (Å²) in [6, 6.07) is 7.55. The molecule has 0 saturated carbocycles. The highest BCUT2D eigenvalue weighted by atomic mass is 32.2. The highest BCUT2D eigenvalue weighted by Gasteiger charge is 2.21. The summed E-state index contributed by atoms with van der Waals surface area (Å²) in [4.78, 5) is 13.1. The predicted octanol–water partition coefficient (Wildman–Crippen LogP) is 3.49. The lowest BCUT2D eigenvalue weighted by atomic mass is 10.2. The summed E-state index contributed by atoms with van der Waals surface area (Å²) in [5, 5.41) is 6.15. The molecule has 1 aliphatic heterocycles. The van der Waals surface area contributed by atoms with Gasteiger partial charge in [0.25, 0.3) is 0 Å². The van der Waals surface area contributed by atoms with Crippen molar-refractivity contribution in [2.75, 3.05) is 18.6 Å². The van der Waals surface area contributed by atoms with Crippen molar-refractivity contribution in [2.45, 2.75) is 37.6 Å². The van der Waals surface area contributed by atoms with Crippen LogP contribution in [0.15, 0.2) is 35.6 Å². The summed E-state index contributed by atoms with van der Waals surface area (Å²) in [7, 11) is -1.39. The van der Waals surface area contributed by atoms with E-state index in [1.54, 1.807) is 12.3 Å². The maximum atomic E-state index is 12.0. The molecule has 2 atom stereocenters. The van der Waals surface area contributed by atoms with Gasteiger partial charge in [-0.1, -0.05) is 6.07 Å². The lowest BCUT2D eigenvalue weighted by Crippen LogP contribution is -2.18. The average molecular weight is 439 g/mol. The van der Waals surface area contributed by atoms with Crippen LogP contribution in [0.5, 0.6) is 11.6 Å². The molecule has 2 unspecified atom stereocenters. The van der Waals surface area contributed by atoms with Gasteiger partial charge in [0.2, 0.25) is 11.0 Å². The first-order chi connectivity index (χ1) is 15.0. The van der Waals surface area contributed by atoms with E-state index in [2.05, 4.69) is 20.1 Å². The minimum absolute atomic E-state index is 0.0749. The summed E-state index contributed by atoms with van der Waals surface area (Å²) in [6.45, 7) is 2.58. The molecule has 1 aliphatic rings. The Morgan fingerprint density at radius 1 is 1.23 bits per heavy atom. The van der Waals surface area contributed by atoms with E-state index in [1.165, 1.54) is 6.26 Å². The lowest BCUT2D eigenvalue weighted by molar-refractivity contribution is -0.0366. The number of fused-ring (bicyclic) bond motifs is 2. The second-order valence-electron chi connectivity index (χ2n) is 7.51. The van der Waals surface area contributed by atoms with Crippen molar-refractivity contribution < 1.29 is 13.7 Å². The molecule has 1 saturated heterocycles. The van der Waals surface area contributed by atoms with E-state index in [0.29, 0.717) is 22.3 Å². The lowest BCUT2D eigenvalue weighted by Gasteiger charge is -2.23. The van der Waals surface area contributed by atoms with Crippen molar-refractivity contribution in [1.29, 1.82) is 0 Å². The van der Waals surface area contributed by atoms with E-state index in [0.717, 1.165) is 36.8 Å². The molecular formula is C21H22N6O3S. The number of aryl methyl sites for hydroxylation is 1. The van der Waals surface area contributed by atoms with Crippen molar-refractivity contribution in [2.24, 2.45) is 0 Å². The first-order valence-electron chi connectivity index (χ1n) is 10.1. The zero-order valence-corrected chi connectivity index (χ0v) is 18.1. The quantitative estimate of drug-likeness (QED) is 0.481. The Hall–Kier alpha value is -3.11. The van der Waals surface area contributed by atoms with Crippen LogP contribution in [0.1, 0.15) is 31.2 Å². The third-order valence-corrected chi connectivity index (χ3v) is 5.98. The second kappa shape index (κ2) is 7.86. The Bertz CT molecular complexity index is 1320. The Kier molecular flexibility index (Phi) is 5.03. The normalized spacial score (nSPS) is 17.8. The van der Waals surface area contributed by atoms with Crippen molar-refractivity contribution >= 4 is 38.4 Å². The minimum atomic E-state index is -1.39. The van der Waals surface area contributed by atoms with Gasteiger partial charge < -0.3 is 15.2 Å².